The Bertz CT molecular complexity index is 1710. The van der Waals surface area contributed by atoms with E-state index >= 15 is 0 Å². The van der Waals surface area contributed by atoms with Gasteiger partial charge in [-0.05, 0) is 121 Å². The molecule has 5 atom stereocenters. The summed E-state index contributed by atoms with van der Waals surface area (Å²) in [5.74, 6) is 2.12. The summed E-state index contributed by atoms with van der Waals surface area (Å²) in [4.78, 5) is 13.4. The van der Waals surface area contributed by atoms with E-state index in [1.54, 1.807) is 36.4 Å². The first-order valence-corrected chi connectivity index (χ1v) is 15.9. The Balaban J connectivity index is 1.10. The Labute approximate surface area is 245 Å². The lowest BCUT2D eigenvalue weighted by molar-refractivity contribution is 0.102. The van der Waals surface area contributed by atoms with Crippen LogP contribution in [0, 0.1) is 17.8 Å². The number of carbonyl (C=O) groups is 1. The molecule has 2 fully saturated rings. The van der Waals surface area contributed by atoms with Crippen LogP contribution in [0.25, 0.3) is 0 Å². The standard InChI is InChI=1S/C33H30ClN3O3S/c34-24-9-11-26(12-10-24)37-41(39,40)27-15-13-25(14-16-27)35-33(38)23-8-17-29-28(19-23)30-21-6-7-22(18-21)31(30)32(36-29)20-4-2-1-3-5-20/h1-5,8-17,19,21-22,30-32,36-37H,6-7,18H2,(H,35,38)/t21-,22-,30-,31-,32-/m0/s1. The summed E-state index contributed by atoms with van der Waals surface area (Å²) in [7, 11) is -3.78. The average Bonchev–Trinajstić information content (AvgIpc) is 3.62. The Kier molecular flexibility index (Phi) is 6.51. The number of carbonyl (C=O) groups excluding carboxylic acids is 1. The van der Waals surface area contributed by atoms with Crippen LogP contribution in [0.4, 0.5) is 17.1 Å². The summed E-state index contributed by atoms with van der Waals surface area (Å²) in [5, 5.41) is 7.29. The number of amides is 1. The van der Waals surface area contributed by atoms with Gasteiger partial charge in [0.05, 0.1) is 10.9 Å². The van der Waals surface area contributed by atoms with Gasteiger partial charge in [-0.15, -0.1) is 0 Å². The van der Waals surface area contributed by atoms with Gasteiger partial charge in [0.15, 0.2) is 0 Å². The number of benzene rings is 4. The molecule has 3 aliphatic rings. The van der Waals surface area contributed by atoms with E-state index in [0.717, 1.165) is 5.69 Å². The highest BCUT2D eigenvalue weighted by molar-refractivity contribution is 7.92. The number of anilines is 3. The van der Waals surface area contributed by atoms with Crippen LogP contribution >= 0.6 is 11.6 Å². The van der Waals surface area contributed by atoms with Gasteiger partial charge in [-0.1, -0.05) is 41.9 Å². The highest BCUT2D eigenvalue weighted by atomic mass is 35.5. The van der Waals surface area contributed by atoms with E-state index in [1.807, 2.05) is 12.1 Å². The van der Waals surface area contributed by atoms with Crippen LogP contribution in [0.2, 0.25) is 5.02 Å². The van der Waals surface area contributed by atoms with Crippen molar-refractivity contribution in [2.75, 3.05) is 15.4 Å². The first kappa shape index (κ1) is 26.1. The molecule has 2 aliphatic carbocycles. The lowest BCUT2D eigenvalue weighted by Gasteiger charge is -2.43. The molecule has 4 aromatic rings. The molecule has 0 saturated heterocycles. The minimum Gasteiger partial charge on any atom is -0.378 e. The van der Waals surface area contributed by atoms with Gasteiger partial charge in [-0.2, -0.15) is 0 Å². The second-order valence-corrected chi connectivity index (χ2v) is 13.5. The molecule has 3 N–H and O–H groups in total. The zero-order valence-corrected chi connectivity index (χ0v) is 23.8. The highest BCUT2D eigenvalue weighted by Crippen LogP contribution is 2.63. The molecule has 8 heteroatoms. The third-order valence-electron chi connectivity index (χ3n) is 9.03. The molecule has 41 heavy (non-hydrogen) atoms. The lowest BCUT2D eigenvalue weighted by Crippen LogP contribution is -2.35. The maximum atomic E-state index is 13.3. The molecular formula is C33H30ClN3O3S. The predicted molar refractivity (Wildman–Crippen MR) is 163 cm³/mol. The normalized spacial score (nSPS) is 24.2. The van der Waals surface area contributed by atoms with Crippen molar-refractivity contribution in [2.24, 2.45) is 17.8 Å². The van der Waals surface area contributed by atoms with Crippen molar-refractivity contribution in [1.29, 1.82) is 0 Å². The van der Waals surface area contributed by atoms with Gasteiger partial charge in [-0.25, -0.2) is 8.42 Å². The summed E-state index contributed by atoms with van der Waals surface area (Å²) < 4.78 is 28.1. The second-order valence-electron chi connectivity index (χ2n) is 11.4. The quantitative estimate of drug-likeness (QED) is 0.217. The van der Waals surface area contributed by atoms with Crippen LogP contribution in [0.5, 0.6) is 0 Å². The van der Waals surface area contributed by atoms with Crippen LogP contribution in [0.3, 0.4) is 0 Å². The van der Waals surface area contributed by atoms with Gasteiger partial charge in [0.1, 0.15) is 0 Å². The number of hydrogen-bond donors (Lipinski definition) is 3. The van der Waals surface area contributed by atoms with Crippen molar-refractivity contribution in [3.8, 4) is 0 Å². The molecule has 1 aliphatic heterocycles. The van der Waals surface area contributed by atoms with E-state index in [4.69, 9.17) is 11.6 Å². The molecule has 1 heterocycles. The predicted octanol–water partition coefficient (Wildman–Crippen LogP) is 7.69. The summed E-state index contributed by atoms with van der Waals surface area (Å²) in [6, 6.07) is 29.6. The van der Waals surface area contributed by atoms with E-state index in [2.05, 4.69) is 51.8 Å². The number of hydrogen-bond acceptors (Lipinski definition) is 4. The molecule has 1 amide bonds. The highest BCUT2D eigenvalue weighted by Gasteiger charge is 2.53. The average molecular weight is 584 g/mol. The zero-order chi connectivity index (χ0) is 28.1. The fourth-order valence-electron chi connectivity index (χ4n) is 7.27. The summed E-state index contributed by atoms with van der Waals surface area (Å²) in [5.41, 5.74) is 5.24. The Morgan fingerprint density at radius 1 is 0.829 bits per heavy atom. The van der Waals surface area contributed by atoms with Crippen LogP contribution < -0.4 is 15.4 Å². The maximum absolute atomic E-state index is 13.3. The van der Waals surface area contributed by atoms with E-state index in [0.29, 0.717) is 45.6 Å². The molecule has 6 nitrogen and oxygen atoms in total. The van der Waals surface area contributed by atoms with Gasteiger partial charge >= 0.3 is 0 Å². The van der Waals surface area contributed by atoms with Crippen molar-refractivity contribution in [2.45, 2.75) is 36.1 Å². The molecule has 2 saturated carbocycles. The van der Waals surface area contributed by atoms with Gasteiger partial charge in [0, 0.05) is 27.6 Å². The first-order chi connectivity index (χ1) is 19.9. The summed E-state index contributed by atoms with van der Waals surface area (Å²) >= 11 is 5.89. The smallest absolute Gasteiger partial charge is 0.261 e. The number of halogens is 1. The minimum atomic E-state index is -3.78. The van der Waals surface area contributed by atoms with Crippen LogP contribution in [0.15, 0.2) is 102 Å². The van der Waals surface area contributed by atoms with Gasteiger partial charge < -0.3 is 10.6 Å². The Morgan fingerprint density at radius 3 is 2.29 bits per heavy atom. The van der Waals surface area contributed by atoms with E-state index in [1.165, 1.54) is 42.5 Å². The monoisotopic (exact) mass is 583 g/mol. The number of sulfonamides is 1. The summed E-state index contributed by atoms with van der Waals surface area (Å²) in [6.45, 7) is 0. The van der Waals surface area contributed by atoms with E-state index < -0.39 is 10.0 Å². The molecule has 0 spiro atoms. The second kappa shape index (κ2) is 10.2. The zero-order valence-electron chi connectivity index (χ0n) is 22.3. The minimum absolute atomic E-state index is 0.0978. The largest absolute Gasteiger partial charge is 0.378 e. The van der Waals surface area contributed by atoms with Crippen molar-refractivity contribution in [1.82, 2.24) is 0 Å². The third-order valence-corrected chi connectivity index (χ3v) is 10.7. The van der Waals surface area contributed by atoms with Crippen molar-refractivity contribution < 1.29 is 13.2 Å². The molecule has 208 valence electrons. The summed E-state index contributed by atoms with van der Waals surface area (Å²) in [6.07, 6.45) is 3.80. The van der Waals surface area contributed by atoms with Crippen LogP contribution in [0.1, 0.15) is 52.7 Å². The third kappa shape index (κ3) is 4.87. The topological polar surface area (TPSA) is 87.3 Å². The molecule has 7 rings (SSSR count). The van der Waals surface area contributed by atoms with E-state index in [9.17, 15) is 13.2 Å². The molecule has 0 aromatic heterocycles. The van der Waals surface area contributed by atoms with Crippen molar-refractivity contribution in [3.63, 3.8) is 0 Å². The SMILES string of the molecule is O=C(Nc1ccc(S(=O)(=O)Nc2ccc(Cl)cc2)cc1)c1ccc2c(c1)[C@@H]1[C@H]3CC[C@@H](C3)[C@@H]1[C@H](c1ccccc1)N2. The molecule has 0 unspecified atom stereocenters. The fraction of sp³-hybridized carbons (Fsp3) is 0.242. The number of rotatable bonds is 6. The molecule has 0 radical (unpaired) electrons. The van der Waals surface area contributed by atoms with Gasteiger partial charge in [-0.3, -0.25) is 9.52 Å². The fourth-order valence-corrected chi connectivity index (χ4v) is 8.45. The Hall–Kier alpha value is -3.81. The molecule has 4 aromatic carbocycles. The molecular weight excluding hydrogens is 554 g/mol. The van der Waals surface area contributed by atoms with Crippen LogP contribution in [-0.2, 0) is 10.0 Å². The van der Waals surface area contributed by atoms with Gasteiger partial charge in [0.2, 0.25) is 0 Å². The van der Waals surface area contributed by atoms with Crippen molar-refractivity contribution >= 4 is 44.6 Å². The number of nitrogens with one attached hydrogen (secondary N) is 3. The van der Waals surface area contributed by atoms with Crippen LogP contribution in [-0.4, -0.2) is 14.3 Å². The lowest BCUT2D eigenvalue weighted by atomic mass is 9.68. The molecule has 2 bridgehead atoms. The van der Waals surface area contributed by atoms with Gasteiger partial charge in [0.25, 0.3) is 15.9 Å². The number of fused-ring (bicyclic) bond motifs is 7. The maximum Gasteiger partial charge on any atom is 0.261 e. The van der Waals surface area contributed by atoms with E-state index in [-0.39, 0.29) is 16.8 Å². The Morgan fingerprint density at radius 2 is 1.54 bits per heavy atom. The van der Waals surface area contributed by atoms with Crippen molar-refractivity contribution in [3.05, 3.63) is 119 Å². The first-order valence-electron chi connectivity index (χ1n) is 14.0.